The van der Waals surface area contributed by atoms with Crippen molar-refractivity contribution < 1.29 is 5.11 Å². The van der Waals surface area contributed by atoms with E-state index >= 15 is 0 Å². The Morgan fingerprint density at radius 3 is 2.94 bits per heavy atom. The van der Waals surface area contributed by atoms with Crippen LogP contribution in [0.5, 0.6) is 0 Å². The van der Waals surface area contributed by atoms with Crippen molar-refractivity contribution in [3.05, 3.63) is 47.5 Å². The summed E-state index contributed by atoms with van der Waals surface area (Å²) in [6, 6.07) is 7.84. The van der Waals surface area contributed by atoms with Crippen molar-refractivity contribution in [1.82, 2.24) is 9.97 Å². The number of fused-ring (bicyclic) bond motifs is 1. The van der Waals surface area contributed by atoms with Crippen LogP contribution in [-0.4, -0.2) is 21.3 Å². The van der Waals surface area contributed by atoms with Crippen molar-refractivity contribution in [3.63, 3.8) is 0 Å². The van der Waals surface area contributed by atoms with Crippen molar-refractivity contribution in [1.29, 1.82) is 0 Å². The fourth-order valence-electron chi connectivity index (χ4n) is 2.04. The molecule has 0 aliphatic carbocycles. The number of hydrogen-bond acceptors (Lipinski definition) is 3. The van der Waals surface area contributed by atoms with Gasteiger partial charge in [-0.25, -0.2) is 4.98 Å². The van der Waals surface area contributed by atoms with E-state index in [0.29, 0.717) is 0 Å². The SMILES string of the molecule is Cc1cnc(/C=C2/c3ccccc3NC2O)[nH]1. The lowest BCUT2D eigenvalue weighted by Crippen LogP contribution is -2.12. The van der Waals surface area contributed by atoms with E-state index in [1.165, 1.54) is 0 Å². The van der Waals surface area contributed by atoms with Gasteiger partial charge in [-0.1, -0.05) is 18.2 Å². The van der Waals surface area contributed by atoms with Crippen LogP contribution in [0, 0.1) is 6.92 Å². The Kier molecular flexibility index (Phi) is 2.23. The van der Waals surface area contributed by atoms with E-state index in [1.54, 1.807) is 6.20 Å². The Bertz CT molecular complexity index is 586. The minimum atomic E-state index is -0.669. The molecule has 4 nitrogen and oxygen atoms in total. The highest BCUT2D eigenvalue weighted by atomic mass is 16.3. The third-order valence-corrected chi connectivity index (χ3v) is 2.84. The van der Waals surface area contributed by atoms with Gasteiger partial charge in [0.15, 0.2) is 6.23 Å². The number of aryl methyl sites for hydroxylation is 1. The second kappa shape index (κ2) is 3.75. The predicted octanol–water partition coefficient (Wildman–Crippen LogP) is 2.00. The number of aliphatic hydroxyl groups excluding tert-OH is 1. The molecule has 3 rings (SSSR count). The zero-order valence-electron chi connectivity index (χ0n) is 9.44. The number of H-pyrrole nitrogens is 1. The van der Waals surface area contributed by atoms with Crippen LogP contribution < -0.4 is 5.32 Å². The Morgan fingerprint density at radius 1 is 1.35 bits per heavy atom. The van der Waals surface area contributed by atoms with E-state index in [9.17, 15) is 5.11 Å². The summed E-state index contributed by atoms with van der Waals surface area (Å²) < 4.78 is 0. The van der Waals surface area contributed by atoms with E-state index in [1.807, 2.05) is 37.3 Å². The first-order valence-corrected chi connectivity index (χ1v) is 5.51. The monoisotopic (exact) mass is 227 g/mol. The first kappa shape index (κ1) is 10.1. The van der Waals surface area contributed by atoms with Crippen molar-refractivity contribution in [2.45, 2.75) is 13.2 Å². The van der Waals surface area contributed by atoms with Gasteiger partial charge in [0.1, 0.15) is 5.82 Å². The fourth-order valence-corrected chi connectivity index (χ4v) is 2.04. The highest BCUT2D eigenvalue weighted by molar-refractivity contribution is 5.93. The molecular formula is C13H13N3O. The molecule has 1 unspecified atom stereocenters. The van der Waals surface area contributed by atoms with Gasteiger partial charge in [-0.2, -0.15) is 0 Å². The average Bonchev–Trinajstić information content (AvgIpc) is 2.85. The van der Waals surface area contributed by atoms with Gasteiger partial charge < -0.3 is 15.4 Å². The van der Waals surface area contributed by atoms with E-state index < -0.39 is 6.23 Å². The molecule has 0 spiro atoms. The zero-order valence-corrected chi connectivity index (χ0v) is 9.44. The molecule has 0 saturated carbocycles. The van der Waals surface area contributed by atoms with Crippen molar-refractivity contribution in [2.24, 2.45) is 0 Å². The lowest BCUT2D eigenvalue weighted by Gasteiger charge is -2.04. The molecule has 0 amide bonds. The second-order valence-electron chi connectivity index (χ2n) is 4.14. The maximum Gasteiger partial charge on any atom is 0.151 e. The van der Waals surface area contributed by atoms with Crippen LogP contribution in [0.25, 0.3) is 11.6 Å². The molecule has 1 aliphatic rings. The van der Waals surface area contributed by atoms with Gasteiger partial charge in [-0.05, 0) is 19.1 Å². The summed E-state index contributed by atoms with van der Waals surface area (Å²) in [5.74, 6) is 0.759. The summed E-state index contributed by atoms with van der Waals surface area (Å²) in [5, 5.41) is 13.0. The molecule has 1 aliphatic heterocycles. The van der Waals surface area contributed by atoms with E-state index in [4.69, 9.17) is 0 Å². The molecule has 86 valence electrons. The third kappa shape index (κ3) is 1.72. The summed E-state index contributed by atoms with van der Waals surface area (Å²) in [4.78, 5) is 7.34. The smallest absolute Gasteiger partial charge is 0.151 e. The summed E-state index contributed by atoms with van der Waals surface area (Å²) in [5.41, 5.74) is 3.82. The Hall–Kier alpha value is -2.07. The van der Waals surface area contributed by atoms with Crippen LogP contribution in [0.2, 0.25) is 0 Å². The van der Waals surface area contributed by atoms with Gasteiger partial charge in [-0.3, -0.25) is 0 Å². The molecule has 17 heavy (non-hydrogen) atoms. The fraction of sp³-hybridized carbons (Fsp3) is 0.154. The maximum absolute atomic E-state index is 9.96. The minimum Gasteiger partial charge on any atom is -0.369 e. The van der Waals surface area contributed by atoms with Crippen molar-refractivity contribution >= 4 is 17.3 Å². The Balaban J connectivity index is 2.06. The normalized spacial score (nSPS) is 20.4. The van der Waals surface area contributed by atoms with Crippen LogP contribution in [0.1, 0.15) is 17.1 Å². The van der Waals surface area contributed by atoms with Gasteiger partial charge in [0, 0.05) is 28.7 Å². The van der Waals surface area contributed by atoms with Crippen LogP contribution in [0.15, 0.2) is 30.5 Å². The molecule has 1 aromatic heterocycles. The van der Waals surface area contributed by atoms with Crippen molar-refractivity contribution in [3.8, 4) is 0 Å². The number of hydrogen-bond donors (Lipinski definition) is 3. The summed E-state index contributed by atoms with van der Waals surface area (Å²) in [6.07, 6.45) is 2.97. The molecule has 2 aromatic rings. The summed E-state index contributed by atoms with van der Waals surface area (Å²) in [6.45, 7) is 1.95. The summed E-state index contributed by atoms with van der Waals surface area (Å²) in [7, 11) is 0. The van der Waals surface area contributed by atoms with Gasteiger partial charge in [0.2, 0.25) is 0 Å². The van der Waals surface area contributed by atoms with E-state index in [2.05, 4.69) is 15.3 Å². The van der Waals surface area contributed by atoms with E-state index in [-0.39, 0.29) is 0 Å². The molecule has 0 radical (unpaired) electrons. The molecule has 2 heterocycles. The lowest BCUT2D eigenvalue weighted by molar-refractivity contribution is 0.266. The molecule has 0 fully saturated rings. The van der Waals surface area contributed by atoms with Crippen LogP contribution >= 0.6 is 0 Å². The first-order chi connectivity index (χ1) is 8.24. The number of aromatic amines is 1. The highest BCUT2D eigenvalue weighted by Gasteiger charge is 2.23. The van der Waals surface area contributed by atoms with Crippen molar-refractivity contribution in [2.75, 3.05) is 5.32 Å². The highest BCUT2D eigenvalue weighted by Crippen LogP contribution is 2.34. The molecule has 4 heteroatoms. The number of imidazole rings is 1. The number of benzene rings is 1. The molecule has 0 bridgehead atoms. The van der Waals surface area contributed by atoms with Crippen LogP contribution in [-0.2, 0) is 0 Å². The standard InChI is InChI=1S/C13H13N3O/c1-8-7-14-12(15-8)6-10-9-4-2-3-5-11(9)16-13(10)17/h2-7,13,16-17H,1H3,(H,14,15)/b10-6-. The Morgan fingerprint density at radius 2 is 2.18 bits per heavy atom. The number of nitrogens with one attached hydrogen (secondary N) is 2. The van der Waals surface area contributed by atoms with Gasteiger partial charge in [0.25, 0.3) is 0 Å². The molecule has 1 atom stereocenters. The molecule has 1 aromatic carbocycles. The molecule has 0 saturated heterocycles. The van der Waals surface area contributed by atoms with E-state index in [0.717, 1.165) is 28.3 Å². The maximum atomic E-state index is 9.96. The number of aliphatic hydroxyl groups is 1. The number of aromatic nitrogens is 2. The topological polar surface area (TPSA) is 60.9 Å². The van der Waals surface area contributed by atoms with Gasteiger partial charge in [-0.15, -0.1) is 0 Å². The second-order valence-corrected chi connectivity index (χ2v) is 4.14. The number of nitrogens with zero attached hydrogens (tertiary/aromatic N) is 1. The molecule has 3 N–H and O–H groups in total. The van der Waals surface area contributed by atoms with Crippen LogP contribution in [0.3, 0.4) is 0 Å². The van der Waals surface area contributed by atoms with Crippen LogP contribution in [0.4, 0.5) is 5.69 Å². The Labute approximate surface area is 99.0 Å². The minimum absolute atomic E-state index is 0.669. The predicted molar refractivity (Wildman–Crippen MR) is 67.3 cm³/mol. The zero-order chi connectivity index (χ0) is 11.8. The van der Waals surface area contributed by atoms with Gasteiger partial charge in [0.05, 0.1) is 0 Å². The first-order valence-electron chi connectivity index (χ1n) is 5.51. The van der Waals surface area contributed by atoms with Gasteiger partial charge >= 0.3 is 0 Å². The number of rotatable bonds is 1. The quantitative estimate of drug-likeness (QED) is 0.698. The number of para-hydroxylation sites is 1. The largest absolute Gasteiger partial charge is 0.369 e. The molecular weight excluding hydrogens is 214 g/mol. The lowest BCUT2D eigenvalue weighted by atomic mass is 10.1. The third-order valence-electron chi connectivity index (χ3n) is 2.84. The summed E-state index contributed by atoms with van der Waals surface area (Å²) >= 11 is 0. The number of anilines is 1. The average molecular weight is 227 g/mol.